The maximum Gasteiger partial charge on any atom is 0.417 e. The maximum absolute atomic E-state index is 12.7. The van der Waals surface area contributed by atoms with Crippen molar-refractivity contribution in [2.75, 3.05) is 0 Å². The van der Waals surface area contributed by atoms with Crippen molar-refractivity contribution in [1.29, 1.82) is 0 Å². The lowest BCUT2D eigenvalue weighted by molar-refractivity contribution is -0.137. The Morgan fingerprint density at radius 1 is 1.00 bits per heavy atom. The summed E-state index contributed by atoms with van der Waals surface area (Å²) in [6, 6.07) is 8.23. The fraction of sp³-hybridized carbons (Fsp3) is 0.143. The van der Waals surface area contributed by atoms with Gasteiger partial charge in [-0.05, 0) is 48.6 Å². The van der Waals surface area contributed by atoms with Gasteiger partial charge >= 0.3 is 6.18 Å². The third-order valence-electron chi connectivity index (χ3n) is 4.85. The van der Waals surface area contributed by atoms with E-state index in [0.29, 0.717) is 12.1 Å². The van der Waals surface area contributed by atoms with Crippen LogP contribution in [0.25, 0.3) is 11.4 Å². The Hall–Kier alpha value is -3.93. The summed E-state index contributed by atoms with van der Waals surface area (Å²) in [5.74, 6) is 5.75. The molecule has 1 aromatic carbocycles. The number of pyridine rings is 1. The van der Waals surface area contributed by atoms with Gasteiger partial charge in [0, 0.05) is 12.6 Å². The third-order valence-corrected chi connectivity index (χ3v) is 4.85. The van der Waals surface area contributed by atoms with Gasteiger partial charge in [0.1, 0.15) is 17.7 Å². The highest BCUT2D eigenvalue weighted by atomic mass is 19.4. The van der Waals surface area contributed by atoms with Crippen molar-refractivity contribution in [3.05, 3.63) is 83.0 Å². The highest BCUT2D eigenvalue weighted by Crippen LogP contribution is 2.30. The molecule has 0 spiro atoms. The average molecular weight is 406 g/mol. The number of hydrogen-bond donors (Lipinski definition) is 0. The van der Waals surface area contributed by atoms with Gasteiger partial charge in [-0.3, -0.25) is 4.57 Å². The summed E-state index contributed by atoms with van der Waals surface area (Å²) in [6.45, 7) is 2.00. The molecule has 148 valence electrons. The molecule has 0 saturated carbocycles. The van der Waals surface area contributed by atoms with Crippen LogP contribution in [0.1, 0.15) is 33.9 Å². The van der Waals surface area contributed by atoms with E-state index in [9.17, 15) is 13.2 Å². The summed E-state index contributed by atoms with van der Waals surface area (Å²) in [4.78, 5) is 8.22. The molecular formula is C21H13F3N6. The van der Waals surface area contributed by atoms with Crippen LogP contribution in [0, 0.1) is 18.8 Å². The van der Waals surface area contributed by atoms with E-state index in [2.05, 4.69) is 32.1 Å². The standard InChI is InChI=1S/C21H13F3N6/c1-13-2-7-18-20(8-13)30-16(11-27-28-30)9-19-17(26-12-29(18)19)6-5-15-4-3-14(10-25-15)21(22,23)24/h2-4,7-8,10-12H,9H2,1H3. The number of aryl methyl sites for hydroxylation is 1. The topological polar surface area (TPSA) is 61.4 Å². The fourth-order valence-corrected chi connectivity index (χ4v) is 3.37. The van der Waals surface area contributed by atoms with Crippen molar-refractivity contribution in [3.63, 3.8) is 0 Å². The van der Waals surface area contributed by atoms with Crippen LogP contribution >= 0.6 is 0 Å². The van der Waals surface area contributed by atoms with Crippen molar-refractivity contribution in [3.8, 4) is 23.2 Å². The summed E-state index contributed by atoms with van der Waals surface area (Å²) >= 11 is 0. The Morgan fingerprint density at radius 3 is 2.63 bits per heavy atom. The monoisotopic (exact) mass is 406 g/mol. The Morgan fingerprint density at radius 2 is 1.87 bits per heavy atom. The first-order valence-corrected chi connectivity index (χ1v) is 9.02. The molecule has 0 N–H and O–H groups in total. The van der Waals surface area contributed by atoms with Crippen LogP contribution in [-0.4, -0.2) is 29.5 Å². The number of imidazole rings is 1. The van der Waals surface area contributed by atoms with E-state index in [0.717, 1.165) is 40.6 Å². The molecule has 0 unspecified atom stereocenters. The molecule has 0 aliphatic carbocycles. The molecule has 0 bridgehead atoms. The third kappa shape index (κ3) is 3.03. The van der Waals surface area contributed by atoms with Crippen LogP contribution in [0.2, 0.25) is 0 Å². The van der Waals surface area contributed by atoms with Gasteiger partial charge in [-0.1, -0.05) is 11.3 Å². The number of fused-ring (bicyclic) bond motifs is 5. The Labute approximate surface area is 169 Å². The van der Waals surface area contributed by atoms with Crippen molar-refractivity contribution in [1.82, 2.24) is 29.5 Å². The van der Waals surface area contributed by atoms with Crippen LogP contribution < -0.4 is 0 Å². The molecule has 1 aliphatic rings. The van der Waals surface area contributed by atoms with Crippen molar-refractivity contribution in [2.45, 2.75) is 19.5 Å². The molecule has 0 fully saturated rings. The molecule has 9 heteroatoms. The van der Waals surface area contributed by atoms with Gasteiger partial charge in [0.15, 0.2) is 0 Å². The van der Waals surface area contributed by atoms with E-state index in [1.807, 2.05) is 29.7 Å². The second-order valence-corrected chi connectivity index (χ2v) is 6.90. The summed E-state index contributed by atoms with van der Waals surface area (Å²) < 4.78 is 41.8. The average Bonchev–Trinajstić information content (AvgIpc) is 3.31. The van der Waals surface area contributed by atoms with Crippen LogP contribution in [-0.2, 0) is 12.6 Å². The van der Waals surface area contributed by atoms with E-state index < -0.39 is 11.7 Å². The number of benzene rings is 1. The first-order valence-electron chi connectivity index (χ1n) is 9.02. The smallest absolute Gasteiger partial charge is 0.299 e. The summed E-state index contributed by atoms with van der Waals surface area (Å²) in [5, 5.41) is 8.24. The van der Waals surface area contributed by atoms with Gasteiger partial charge in [0.2, 0.25) is 0 Å². The zero-order valence-corrected chi connectivity index (χ0v) is 15.6. The number of halogens is 3. The molecule has 30 heavy (non-hydrogen) atoms. The van der Waals surface area contributed by atoms with Crippen LogP contribution in [0.3, 0.4) is 0 Å². The SMILES string of the molecule is Cc1ccc2c(c1)-n1nncc1Cc1c(C#Cc3ccc(C(F)(F)F)cn3)ncn1-2. The van der Waals surface area contributed by atoms with Crippen molar-refractivity contribution in [2.24, 2.45) is 0 Å². The minimum Gasteiger partial charge on any atom is -0.299 e. The predicted molar refractivity (Wildman–Crippen MR) is 101 cm³/mol. The second-order valence-electron chi connectivity index (χ2n) is 6.90. The molecule has 0 amide bonds. The molecule has 5 rings (SSSR count). The van der Waals surface area contributed by atoms with Gasteiger partial charge in [-0.25, -0.2) is 14.6 Å². The highest BCUT2D eigenvalue weighted by Gasteiger charge is 2.30. The van der Waals surface area contributed by atoms with Gasteiger partial charge < -0.3 is 0 Å². The first kappa shape index (κ1) is 18.1. The largest absolute Gasteiger partial charge is 0.417 e. The van der Waals surface area contributed by atoms with Crippen LogP contribution in [0.5, 0.6) is 0 Å². The molecule has 4 aromatic rings. The van der Waals surface area contributed by atoms with Gasteiger partial charge in [0.05, 0.1) is 34.5 Å². The number of rotatable bonds is 0. The van der Waals surface area contributed by atoms with E-state index in [-0.39, 0.29) is 5.69 Å². The van der Waals surface area contributed by atoms with E-state index in [1.54, 1.807) is 17.2 Å². The minimum absolute atomic E-state index is 0.237. The number of hydrogen-bond acceptors (Lipinski definition) is 4. The molecule has 0 radical (unpaired) electrons. The predicted octanol–water partition coefficient (Wildman–Crippen LogP) is 3.48. The normalized spacial score (nSPS) is 12.3. The van der Waals surface area contributed by atoms with E-state index in [1.165, 1.54) is 6.07 Å². The molecule has 0 atom stereocenters. The van der Waals surface area contributed by atoms with Gasteiger partial charge in [0.25, 0.3) is 0 Å². The molecule has 6 nitrogen and oxygen atoms in total. The zero-order valence-electron chi connectivity index (χ0n) is 15.6. The zero-order chi connectivity index (χ0) is 20.9. The summed E-state index contributed by atoms with van der Waals surface area (Å²) in [7, 11) is 0. The summed E-state index contributed by atoms with van der Waals surface area (Å²) in [6.07, 6.45) is 0.242. The Kier molecular flexibility index (Phi) is 3.96. The lowest BCUT2D eigenvalue weighted by Crippen LogP contribution is -2.05. The highest BCUT2D eigenvalue weighted by molar-refractivity contribution is 5.58. The van der Waals surface area contributed by atoms with Crippen LogP contribution in [0.4, 0.5) is 13.2 Å². The van der Waals surface area contributed by atoms with E-state index in [4.69, 9.17) is 0 Å². The lowest BCUT2D eigenvalue weighted by Gasteiger charge is -2.10. The molecule has 0 saturated heterocycles. The van der Waals surface area contributed by atoms with Gasteiger partial charge in [-0.2, -0.15) is 13.2 Å². The van der Waals surface area contributed by atoms with Crippen molar-refractivity contribution < 1.29 is 13.2 Å². The molecule has 3 aromatic heterocycles. The Balaban J connectivity index is 1.57. The first-order chi connectivity index (χ1) is 14.4. The Bertz CT molecular complexity index is 1320. The minimum atomic E-state index is -4.43. The van der Waals surface area contributed by atoms with Crippen LogP contribution in [0.15, 0.2) is 49.1 Å². The number of aromatic nitrogens is 6. The second kappa shape index (κ2) is 6.56. The molecule has 1 aliphatic heterocycles. The van der Waals surface area contributed by atoms with Gasteiger partial charge in [-0.15, -0.1) is 5.10 Å². The van der Waals surface area contributed by atoms with E-state index >= 15 is 0 Å². The molecular weight excluding hydrogens is 393 g/mol. The number of alkyl halides is 3. The quantitative estimate of drug-likeness (QED) is 0.370. The number of nitrogens with zero attached hydrogens (tertiary/aromatic N) is 6. The lowest BCUT2D eigenvalue weighted by atomic mass is 10.2. The summed E-state index contributed by atoms with van der Waals surface area (Å²) in [5.41, 5.74) is 4.57. The molecule has 4 heterocycles. The van der Waals surface area contributed by atoms with Crippen molar-refractivity contribution >= 4 is 0 Å². The fourth-order valence-electron chi connectivity index (χ4n) is 3.37. The maximum atomic E-state index is 12.7.